The minimum absolute atomic E-state index is 0.0595. The molecule has 0 fully saturated rings. The molecule has 0 aromatic heterocycles. The maximum atomic E-state index is 12.0. The third-order valence-corrected chi connectivity index (χ3v) is 4.23. The average Bonchev–Trinajstić information content (AvgIpc) is 2.60. The van der Waals surface area contributed by atoms with Crippen molar-refractivity contribution in [2.24, 2.45) is 5.10 Å². The number of benzene rings is 2. The Labute approximate surface area is 148 Å². The third-order valence-electron chi connectivity index (χ3n) is 3.19. The van der Waals surface area contributed by atoms with Crippen molar-refractivity contribution in [2.75, 3.05) is 12.4 Å². The number of nitrogens with zero attached hydrogens (tertiary/aromatic N) is 2. The molecule has 2 N–H and O–H groups in total. The number of rotatable bonds is 7. The predicted octanol–water partition coefficient (Wildman–Crippen LogP) is 2.75. The molecule has 0 bridgehead atoms. The smallest absolute Gasteiger partial charge is 0.283 e. The molecule has 0 saturated carbocycles. The first kappa shape index (κ1) is 18.6. The summed E-state index contributed by atoms with van der Waals surface area (Å²) in [5, 5.41) is 23.8. The molecule has 25 heavy (non-hydrogen) atoms. The maximum Gasteiger partial charge on any atom is 0.283 e. The van der Waals surface area contributed by atoms with Gasteiger partial charge in [-0.15, -0.1) is 11.8 Å². The fraction of sp³-hybridized carbons (Fsp3) is 0.176. The van der Waals surface area contributed by atoms with Gasteiger partial charge < -0.3 is 5.11 Å². The van der Waals surface area contributed by atoms with Gasteiger partial charge in [0.25, 0.3) is 11.6 Å². The molecule has 0 unspecified atom stereocenters. The Morgan fingerprint density at radius 1 is 1.36 bits per heavy atom. The zero-order valence-corrected chi connectivity index (χ0v) is 14.3. The van der Waals surface area contributed by atoms with E-state index >= 15 is 0 Å². The van der Waals surface area contributed by atoms with Crippen molar-refractivity contribution in [2.45, 2.75) is 11.8 Å². The van der Waals surface area contributed by atoms with Gasteiger partial charge in [0.05, 0.1) is 22.6 Å². The summed E-state index contributed by atoms with van der Waals surface area (Å²) in [6.45, 7) is 1.82. The van der Waals surface area contributed by atoms with Gasteiger partial charge in [0.2, 0.25) is 0 Å². The van der Waals surface area contributed by atoms with Crippen LogP contribution in [-0.2, 0) is 0 Å². The van der Waals surface area contributed by atoms with Crippen LogP contribution in [0.25, 0.3) is 0 Å². The van der Waals surface area contributed by atoms with Crippen LogP contribution in [0.2, 0.25) is 0 Å². The van der Waals surface area contributed by atoms with Gasteiger partial charge in [-0.3, -0.25) is 14.9 Å². The number of carbonyl (C=O) groups is 1. The molecular weight excluding hydrogens is 342 g/mol. The van der Waals surface area contributed by atoms with Crippen LogP contribution in [0, 0.1) is 17.0 Å². The Balaban J connectivity index is 2.08. The highest BCUT2D eigenvalue weighted by atomic mass is 32.2. The molecule has 7 nitrogen and oxygen atoms in total. The largest absolute Gasteiger partial charge is 0.396 e. The van der Waals surface area contributed by atoms with E-state index in [4.69, 9.17) is 5.11 Å². The van der Waals surface area contributed by atoms with Crippen molar-refractivity contribution in [1.29, 1.82) is 0 Å². The second-order valence-electron chi connectivity index (χ2n) is 5.12. The molecular formula is C17H17N3O4S. The quantitative estimate of drug-likeness (QED) is 0.342. The fourth-order valence-electron chi connectivity index (χ4n) is 2.05. The van der Waals surface area contributed by atoms with Gasteiger partial charge in [-0.1, -0.05) is 23.8 Å². The van der Waals surface area contributed by atoms with Crippen LogP contribution in [0.3, 0.4) is 0 Å². The number of thioether (sulfide) groups is 1. The predicted molar refractivity (Wildman–Crippen MR) is 97.1 cm³/mol. The second-order valence-corrected chi connectivity index (χ2v) is 6.26. The highest BCUT2D eigenvalue weighted by Gasteiger charge is 2.14. The Hall–Kier alpha value is -2.71. The van der Waals surface area contributed by atoms with Crippen LogP contribution < -0.4 is 5.43 Å². The standard InChI is InChI=1S/C17H17N3O4S/c1-12-3-2-4-14(9-12)17(22)19-18-11-13-5-6-16(25-8-7-21)15(10-13)20(23)24/h2-6,9-11,21H,7-8H2,1H3,(H,19,22)/b18-11+. The number of hydrazone groups is 1. The van der Waals surface area contributed by atoms with Crippen molar-refractivity contribution in [3.63, 3.8) is 0 Å². The lowest BCUT2D eigenvalue weighted by atomic mass is 10.1. The number of nitro benzene ring substituents is 1. The third kappa shape index (κ3) is 5.40. The molecule has 0 atom stereocenters. The summed E-state index contributed by atoms with van der Waals surface area (Å²) >= 11 is 1.21. The topological polar surface area (TPSA) is 105 Å². The number of nitrogens with one attached hydrogen (secondary N) is 1. The molecule has 2 aromatic rings. The van der Waals surface area contributed by atoms with E-state index in [0.717, 1.165) is 5.56 Å². The fourth-order valence-corrected chi connectivity index (χ4v) is 2.81. The number of hydrogen-bond acceptors (Lipinski definition) is 6. The van der Waals surface area contributed by atoms with E-state index in [1.165, 1.54) is 24.0 Å². The number of nitro groups is 1. The Morgan fingerprint density at radius 2 is 2.16 bits per heavy atom. The van der Waals surface area contributed by atoms with Gasteiger partial charge in [0.15, 0.2) is 0 Å². The van der Waals surface area contributed by atoms with Gasteiger partial charge in [0, 0.05) is 22.9 Å². The highest BCUT2D eigenvalue weighted by molar-refractivity contribution is 7.99. The van der Waals surface area contributed by atoms with Crippen LogP contribution in [0.15, 0.2) is 52.5 Å². The number of aliphatic hydroxyl groups is 1. The lowest BCUT2D eigenvalue weighted by Crippen LogP contribution is -2.17. The van der Waals surface area contributed by atoms with Crippen LogP contribution in [-0.4, -0.2) is 34.5 Å². The molecule has 2 rings (SSSR count). The summed E-state index contributed by atoms with van der Waals surface area (Å²) in [4.78, 5) is 23.1. The number of carbonyl (C=O) groups excluding carboxylic acids is 1. The Bertz CT molecular complexity index is 808. The summed E-state index contributed by atoms with van der Waals surface area (Å²) in [6, 6.07) is 11.7. The van der Waals surface area contributed by atoms with E-state index in [2.05, 4.69) is 10.5 Å². The van der Waals surface area contributed by atoms with Gasteiger partial charge in [0.1, 0.15) is 0 Å². The van der Waals surface area contributed by atoms with Crippen LogP contribution >= 0.6 is 11.8 Å². The van der Waals surface area contributed by atoms with E-state index in [1.54, 1.807) is 30.3 Å². The van der Waals surface area contributed by atoms with Gasteiger partial charge in [-0.2, -0.15) is 5.10 Å². The molecule has 0 aliphatic heterocycles. The van der Waals surface area contributed by atoms with Gasteiger partial charge in [-0.05, 0) is 25.1 Å². The molecule has 0 saturated heterocycles. The summed E-state index contributed by atoms with van der Waals surface area (Å²) in [5.41, 5.74) is 4.27. The molecule has 0 aliphatic rings. The normalized spacial score (nSPS) is 10.8. The van der Waals surface area contributed by atoms with Crippen LogP contribution in [0.4, 0.5) is 5.69 Å². The lowest BCUT2D eigenvalue weighted by molar-refractivity contribution is -0.387. The number of amides is 1. The summed E-state index contributed by atoms with van der Waals surface area (Å²) in [7, 11) is 0. The van der Waals surface area contributed by atoms with Crippen molar-refractivity contribution < 1.29 is 14.8 Å². The lowest BCUT2D eigenvalue weighted by Gasteiger charge is -2.03. The van der Waals surface area contributed by atoms with E-state index in [1.807, 2.05) is 13.0 Å². The summed E-state index contributed by atoms with van der Waals surface area (Å²) in [6.07, 6.45) is 1.35. The zero-order valence-electron chi connectivity index (χ0n) is 13.5. The molecule has 0 spiro atoms. The molecule has 2 aromatic carbocycles. The minimum atomic E-state index is -0.484. The molecule has 0 aliphatic carbocycles. The van der Waals surface area contributed by atoms with Crippen molar-refractivity contribution >= 4 is 29.6 Å². The van der Waals surface area contributed by atoms with E-state index in [9.17, 15) is 14.9 Å². The summed E-state index contributed by atoms with van der Waals surface area (Å²) in [5.74, 6) is 0.0189. The monoisotopic (exact) mass is 359 g/mol. The number of aliphatic hydroxyl groups excluding tert-OH is 1. The van der Waals surface area contributed by atoms with Crippen molar-refractivity contribution in [1.82, 2.24) is 5.43 Å². The molecule has 130 valence electrons. The Kier molecular flexibility index (Phi) is 6.67. The summed E-state index contributed by atoms with van der Waals surface area (Å²) < 4.78 is 0. The van der Waals surface area contributed by atoms with E-state index < -0.39 is 4.92 Å². The first-order chi connectivity index (χ1) is 12.0. The Morgan fingerprint density at radius 3 is 2.84 bits per heavy atom. The van der Waals surface area contributed by atoms with E-state index in [-0.39, 0.29) is 18.2 Å². The number of aryl methyl sites for hydroxylation is 1. The molecule has 1 amide bonds. The highest BCUT2D eigenvalue weighted by Crippen LogP contribution is 2.29. The van der Waals surface area contributed by atoms with Crippen LogP contribution in [0.5, 0.6) is 0 Å². The zero-order chi connectivity index (χ0) is 18.2. The first-order valence-corrected chi connectivity index (χ1v) is 8.42. The minimum Gasteiger partial charge on any atom is -0.396 e. The second kappa shape index (κ2) is 8.95. The first-order valence-electron chi connectivity index (χ1n) is 7.43. The van der Waals surface area contributed by atoms with Crippen molar-refractivity contribution in [3.8, 4) is 0 Å². The maximum absolute atomic E-state index is 12.0. The van der Waals surface area contributed by atoms with Crippen LogP contribution in [0.1, 0.15) is 21.5 Å². The average molecular weight is 359 g/mol. The number of hydrogen-bond donors (Lipinski definition) is 2. The van der Waals surface area contributed by atoms with Crippen molar-refractivity contribution in [3.05, 3.63) is 69.3 Å². The SMILES string of the molecule is Cc1cccc(C(=O)N/N=C/c2ccc(SCCO)c([N+](=O)[O-])c2)c1. The van der Waals surface area contributed by atoms with E-state index in [0.29, 0.717) is 21.8 Å². The van der Waals surface area contributed by atoms with Gasteiger partial charge in [-0.25, -0.2) is 5.43 Å². The molecule has 8 heteroatoms. The molecule has 0 heterocycles. The van der Waals surface area contributed by atoms with Gasteiger partial charge >= 0.3 is 0 Å². The molecule has 0 radical (unpaired) electrons.